The van der Waals surface area contributed by atoms with Crippen molar-refractivity contribution < 1.29 is 14.0 Å². The third-order valence-corrected chi connectivity index (χ3v) is 4.97. The van der Waals surface area contributed by atoms with E-state index in [0.29, 0.717) is 37.2 Å². The van der Waals surface area contributed by atoms with Gasteiger partial charge in [-0.05, 0) is 55.6 Å². The predicted octanol–water partition coefficient (Wildman–Crippen LogP) is 3.08. The number of carbonyl (C=O) groups is 2. The highest BCUT2D eigenvalue weighted by Crippen LogP contribution is 2.22. The molecule has 0 radical (unpaired) electrons. The summed E-state index contributed by atoms with van der Waals surface area (Å²) in [7, 11) is 0. The molecule has 1 aliphatic heterocycles. The predicted molar refractivity (Wildman–Crippen MR) is 90.5 cm³/mol. The number of hydrogen-bond acceptors (Lipinski definition) is 4. The molecule has 1 aromatic heterocycles. The summed E-state index contributed by atoms with van der Waals surface area (Å²) in [5.74, 6) is -0.570. The standard InChI is InChI=1S/C17H18FN3O2S/c1-11-15(10-24-20-11)17(23)21-8-6-12(7-9-21)16(22)19-14-4-2-13(18)3-5-14/h2-5,10,12H,6-9H2,1H3,(H,19,22). The van der Waals surface area contributed by atoms with Crippen LogP contribution in [0.3, 0.4) is 0 Å². The molecule has 0 aliphatic carbocycles. The average molecular weight is 347 g/mol. The van der Waals surface area contributed by atoms with Gasteiger partial charge in [0.1, 0.15) is 5.82 Å². The molecule has 0 saturated carbocycles. The Morgan fingerprint density at radius 1 is 1.25 bits per heavy atom. The van der Waals surface area contributed by atoms with E-state index in [1.54, 1.807) is 10.3 Å². The second kappa shape index (κ2) is 7.09. The smallest absolute Gasteiger partial charge is 0.256 e. The van der Waals surface area contributed by atoms with E-state index in [1.165, 1.54) is 35.8 Å². The van der Waals surface area contributed by atoms with Gasteiger partial charge in [0.05, 0.1) is 11.3 Å². The number of nitrogens with zero attached hydrogens (tertiary/aromatic N) is 2. The molecular weight excluding hydrogens is 329 g/mol. The SMILES string of the molecule is Cc1nscc1C(=O)N1CCC(C(=O)Nc2ccc(F)cc2)CC1. The molecule has 126 valence electrons. The Balaban J connectivity index is 1.55. The van der Waals surface area contributed by atoms with E-state index >= 15 is 0 Å². The summed E-state index contributed by atoms with van der Waals surface area (Å²) in [5.41, 5.74) is 1.98. The number of benzene rings is 1. The number of halogens is 1. The minimum Gasteiger partial charge on any atom is -0.339 e. The van der Waals surface area contributed by atoms with E-state index < -0.39 is 0 Å². The van der Waals surface area contributed by atoms with Gasteiger partial charge in [-0.25, -0.2) is 4.39 Å². The molecule has 2 aromatic rings. The Bertz CT molecular complexity index is 737. The maximum Gasteiger partial charge on any atom is 0.256 e. The first-order chi connectivity index (χ1) is 11.5. The van der Waals surface area contributed by atoms with Gasteiger partial charge in [-0.1, -0.05) is 0 Å². The summed E-state index contributed by atoms with van der Waals surface area (Å²) < 4.78 is 17.0. The summed E-state index contributed by atoms with van der Waals surface area (Å²) in [4.78, 5) is 26.5. The van der Waals surface area contributed by atoms with Crippen LogP contribution >= 0.6 is 11.5 Å². The number of carbonyl (C=O) groups excluding carboxylic acids is 2. The van der Waals surface area contributed by atoms with Gasteiger partial charge in [0.2, 0.25) is 5.91 Å². The van der Waals surface area contributed by atoms with Gasteiger partial charge >= 0.3 is 0 Å². The van der Waals surface area contributed by atoms with Crippen molar-refractivity contribution in [1.82, 2.24) is 9.27 Å². The zero-order chi connectivity index (χ0) is 17.1. The molecule has 0 spiro atoms. The second-order valence-corrected chi connectivity index (χ2v) is 6.51. The van der Waals surface area contributed by atoms with Crippen molar-refractivity contribution in [2.75, 3.05) is 18.4 Å². The van der Waals surface area contributed by atoms with Crippen molar-refractivity contribution in [2.24, 2.45) is 5.92 Å². The summed E-state index contributed by atoms with van der Waals surface area (Å²) in [6.07, 6.45) is 1.24. The third-order valence-electron chi connectivity index (χ3n) is 4.25. The highest BCUT2D eigenvalue weighted by molar-refractivity contribution is 7.03. The van der Waals surface area contributed by atoms with Crippen LogP contribution in [-0.4, -0.2) is 34.2 Å². The van der Waals surface area contributed by atoms with Crippen LogP contribution in [0, 0.1) is 18.7 Å². The number of piperidine rings is 1. The Morgan fingerprint density at radius 3 is 2.50 bits per heavy atom. The molecule has 0 bridgehead atoms. The maximum atomic E-state index is 12.9. The Labute approximate surface area is 143 Å². The van der Waals surface area contributed by atoms with Gasteiger partial charge in [0, 0.05) is 30.1 Å². The summed E-state index contributed by atoms with van der Waals surface area (Å²) >= 11 is 1.28. The van der Waals surface area contributed by atoms with E-state index in [-0.39, 0.29) is 23.5 Å². The Hall–Kier alpha value is -2.28. The van der Waals surface area contributed by atoms with Gasteiger partial charge < -0.3 is 10.2 Å². The van der Waals surface area contributed by atoms with E-state index in [1.807, 2.05) is 6.92 Å². The topological polar surface area (TPSA) is 62.3 Å². The van der Waals surface area contributed by atoms with Crippen LogP contribution in [0.5, 0.6) is 0 Å². The number of likely N-dealkylation sites (tertiary alicyclic amines) is 1. The van der Waals surface area contributed by atoms with E-state index in [4.69, 9.17) is 0 Å². The molecule has 2 amide bonds. The fourth-order valence-electron chi connectivity index (χ4n) is 2.79. The van der Waals surface area contributed by atoms with Crippen molar-refractivity contribution in [2.45, 2.75) is 19.8 Å². The zero-order valence-electron chi connectivity index (χ0n) is 13.3. The lowest BCUT2D eigenvalue weighted by Gasteiger charge is -2.31. The maximum absolute atomic E-state index is 12.9. The molecule has 1 N–H and O–H groups in total. The van der Waals surface area contributed by atoms with Gasteiger partial charge in [-0.15, -0.1) is 0 Å². The number of hydrogen-bond donors (Lipinski definition) is 1. The summed E-state index contributed by atoms with van der Waals surface area (Å²) in [6, 6.07) is 5.71. The number of aryl methyl sites for hydroxylation is 1. The molecule has 1 saturated heterocycles. The molecule has 0 unspecified atom stereocenters. The molecule has 5 nitrogen and oxygen atoms in total. The molecule has 1 aromatic carbocycles. The van der Waals surface area contributed by atoms with Crippen molar-refractivity contribution >= 4 is 29.0 Å². The Morgan fingerprint density at radius 2 is 1.92 bits per heavy atom. The Kier molecular flexibility index (Phi) is 4.89. The van der Waals surface area contributed by atoms with E-state index in [2.05, 4.69) is 9.69 Å². The average Bonchev–Trinajstić information content (AvgIpc) is 3.02. The highest BCUT2D eigenvalue weighted by Gasteiger charge is 2.28. The minimum absolute atomic E-state index is 0.0151. The van der Waals surface area contributed by atoms with Gasteiger partial charge in [0.15, 0.2) is 0 Å². The van der Waals surface area contributed by atoms with Gasteiger partial charge in [-0.2, -0.15) is 4.37 Å². The molecular formula is C17H18FN3O2S. The molecule has 1 aliphatic rings. The van der Waals surface area contributed by atoms with Crippen molar-refractivity contribution in [3.63, 3.8) is 0 Å². The molecule has 2 heterocycles. The van der Waals surface area contributed by atoms with Crippen LogP contribution in [0.1, 0.15) is 28.9 Å². The number of rotatable bonds is 3. The second-order valence-electron chi connectivity index (χ2n) is 5.88. The normalized spacial score (nSPS) is 15.3. The first kappa shape index (κ1) is 16.6. The molecule has 1 fully saturated rings. The number of nitrogens with one attached hydrogen (secondary N) is 1. The van der Waals surface area contributed by atoms with Crippen molar-refractivity contribution in [3.8, 4) is 0 Å². The number of anilines is 1. The monoisotopic (exact) mass is 347 g/mol. The van der Waals surface area contributed by atoms with Crippen molar-refractivity contribution in [1.29, 1.82) is 0 Å². The van der Waals surface area contributed by atoms with E-state index in [9.17, 15) is 14.0 Å². The molecule has 24 heavy (non-hydrogen) atoms. The first-order valence-electron chi connectivity index (χ1n) is 7.81. The zero-order valence-corrected chi connectivity index (χ0v) is 14.1. The molecule has 0 atom stereocenters. The van der Waals surface area contributed by atoms with Crippen LogP contribution in [-0.2, 0) is 4.79 Å². The van der Waals surface area contributed by atoms with Gasteiger partial charge in [-0.3, -0.25) is 9.59 Å². The summed E-state index contributed by atoms with van der Waals surface area (Å²) in [5, 5.41) is 4.57. The lowest BCUT2D eigenvalue weighted by molar-refractivity contribution is -0.121. The van der Waals surface area contributed by atoms with Crippen molar-refractivity contribution in [3.05, 3.63) is 46.7 Å². The van der Waals surface area contributed by atoms with Gasteiger partial charge in [0.25, 0.3) is 5.91 Å². The fraction of sp³-hybridized carbons (Fsp3) is 0.353. The fourth-order valence-corrected chi connectivity index (χ4v) is 3.48. The van der Waals surface area contributed by atoms with E-state index in [0.717, 1.165) is 5.69 Å². The quantitative estimate of drug-likeness (QED) is 0.928. The summed E-state index contributed by atoms with van der Waals surface area (Å²) in [6.45, 7) is 2.93. The largest absolute Gasteiger partial charge is 0.339 e. The van der Waals surface area contributed by atoms with Crippen LogP contribution in [0.4, 0.5) is 10.1 Å². The minimum atomic E-state index is -0.335. The molecule has 7 heteroatoms. The lowest BCUT2D eigenvalue weighted by Crippen LogP contribution is -2.41. The van der Waals surface area contributed by atoms with Crippen LogP contribution in [0.15, 0.2) is 29.6 Å². The lowest BCUT2D eigenvalue weighted by atomic mass is 9.95. The van der Waals surface area contributed by atoms with Crippen LogP contribution in [0.2, 0.25) is 0 Å². The van der Waals surface area contributed by atoms with Crippen LogP contribution < -0.4 is 5.32 Å². The first-order valence-corrected chi connectivity index (χ1v) is 8.65. The third kappa shape index (κ3) is 3.62. The van der Waals surface area contributed by atoms with Crippen LogP contribution in [0.25, 0.3) is 0 Å². The molecule has 3 rings (SSSR count). The highest BCUT2D eigenvalue weighted by atomic mass is 32.1. The number of amides is 2. The number of aromatic nitrogens is 1.